The van der Waals surface area contributed by atoms with Gasteiger partial charge in [0.05, 0.1) is 7.11 Å². The number of nitrogens with zero attached hydrogens (tertiary/aromatic N) is 1. The van der Waals surface area contributed by atoms with Crippen LogP contribution < -0.4 is 14.8 Å². The van der Waals surface area contributed by atoms with Gasteiger partial charge in [0.2, 0.25) is 0 Å². The fourth-order valence-electron chi connectivity index (χ4n) is 2.79. The van der Waals surface area contributed by atoms with Crippen molar-refractivity contribution in [3.05, 3.63) is 65.4 Å². The van der Waals surface area contributed by atoms with Gasteiger partial charge in [-0.3, -0.25) is 9.69 Å². The lowest BCUT2D eigenvalue weighted by atomic mass is 10.1. The predicted octanol–water partition coefficient (Wildman–Crippen LogP) is 3.74. The molecular weight excluding hydrogens is 360 g/mol. The molecule has 3 rings (SSSR count). The van der Waals surface area contributed by atoms with Gasteiger partial charge in [0.15, 0.2) is 16.6 Å². The molecule has 1 fully saturated rings. The van der Waals surface area contributed by atoms with E-state index in [1.165, 1.54) is 0 Å². The van der Waals surface area contributed by atoms with Crippen molar-refractivity contribution in [3.63, 3.8) is 0 Å². The maximum atomic E-state index is 12.4. The first-order valence-electron chi connectivity index (χ1n) is 8.81. The molecule has 1 amide bonds. The third-order valence-electron chi connectivity index (χ3n) is 4.15. The average Bonchev–Trinajstić information content (AvgIpc) is 2.95. The van der Waals surface area contributed by atoms with E-state index in [0.717, 1.165) is 17.5 Å². The second-order valence-electron chi connectivity index (χ2n) is 6.13. The minimum Gasteiger partial charge on any atom is -0.493 e. The number of rotatable bonds is 7. The van der Waals surface area contributed by atoms with E-state index in [0.29, 0.717) is 35.5 Å². The lowest BCUT2D eigenvalue weighted by molar-refractivity contribution is -0.122. The largest absolute Gasteiger partial charge is 0.493 e. The van der Waals surface area contributed by atoms with E-state index < -0.39 is 0 Å². The van der Waals surface area contributed by atoms with Crippen LogP contribution in [0, 0.1) is 0 Å². The molecule has 1 N–H and O–H groups in total. The maximum absolute atomic E-state index is 12.4. The van der Waals surface area contributed by atoms with Crippen molar-refractivity contribution >= 4 is 29.3 Å². The summed E-state index contributed by atoms with van der Waals surface area (Å²) in [5.74, 6) is 1.15. The van der Waals surface area contributed by atoms with E-state index in [1.807, 2.05) is 55.5 Å². The summed E-state index contributed by atoms with van der Waals surface area (Å²) in [6.07, 6.45) is 2.62. The van der Waals surface area contributed by atoms with E-state index in [-0.39, 0.29) is 5.91 Å². The Morgan fingerprint density at radius 1 is 1.15 bits per heavy atom. The number of thiocarbonyl (C=S) groups is 1. The minimum absolute atomic E-state index is 0.106. The summed E-state index contributed by atoms with van der Waals surface area (Å²) in [7, 11) is 1.60. The van der Waals surface area contributed by atoms with Crippen LogP contribution in [-0.4, -0.2) is 29.6 Å². The molecule has 0 unspecified atom stereocenters. The zero-order valence-electron chi connectivity index (χ0n) is 15.4. The van der Waals surface area contributed by atoms with Crippen LogP contribution in [0.5, 0.6) is 11.5 Å². The Balaban J connectivity index is 1.76. The van der Waals surface area contributed by atoms with Crippen molar-refractivity contribution in [2.75, 3.05) is 13.7 Å². The Kier molecular flexibility index (Phi) is 6.08. The summed E-state index contributed by atoms with van der Waals surface area (Å²) in [6, 6.07) is 15.5. The number of amides is 1. The minimum atomic E-state index is -0.106. The molecule has 0 spiro atoms. The fraction of sp³-hybridized carbons (Fsp3) is 0.238. The van der Waals surface area contributed by atoms with Gasteiger partial charge in [-0.05, 0) is 48.0 Å². The van der Waals surface area contributed by atoms with Crippen LogP contribution in [0.2, 0.25) is 0 Å². The van der Waals surface area contributed by atoms with E-state index in [9.17, 15) is 4.79 Å². The zero-order chi connectivity index (χ0) is 19.2. The second-order valence-corrected chi connectivity index (χ2v) is 6.52. The molecule has 27 heavy (non-hydrogen) atoms. The van der Waals surface area contributed by atoms with Crippen molar-refractivity contribution in [1.29, 1.82) is 0 Å². The highest BCUT2D eigenvalue weighted by Gasteiger charge is 2.29. The maximum Gasteiger partial charge on any atom is 0.276 e. The first kappa shape index (κ1) is 18.9. The Morgan fingerprint density at radius 3 is 2.63 bits per heavy atom. The van der Waals surface area contributed by atoms with Crippen LogP contribution >= 0.6 is 12.2 Å². The van der Waals surface area contributed by atoms with Gasteiger partial charge in [0, 0.05) is 6.54 Å². The van der Waals surface area contributed by atoms with Gasteiger partial charge in [-0.25, -0.2) is 0 Å². The average molecular weight is 382 g/mol. The Hall–Kier alpha value is -2.86. The van der Waals surface area contributed by atoms with Crippen LogP contribution in [0.1, 0.15) is 24.5 Å². The van der Waals surface area contributed by atoms with Gasteiger partial charge in [-0.1, -0.05) is 43.3 Å². The third-order valence-corrected chi connectivity index (χ3v) is 4.47. The molecule has 1 aliphatic heterocycles. The highest BCUT2D eigenvalue weighted by molar-refractivity contribution is 7.80. The number of nitrogens with one attached hydrogen (secondary N) is 1. The highest BCUT2D eigenvalue weighted by Crippen LogP contribution is 2.30. The molecule has 0 saturated carbocycles. The van der Waals surface area contributed by atoms with Crippen LogP contribution in [0.25, 0.3) is 6.08 Å². The van der Waals surface area contributed by atoms with Crippen LogP contribution in [0.4, 0.5) is 0 Å². The lowest BCUT2D eigenvalue weighted by Crippen LogP contribution is -2.31. The van der Waals surface area contributed by atoms with E-state index in [1.54, 1.807) is 18.1 Å². The summed E-state index contributed by atoms with van der Waals surface area (Å²) in [6.45, 7) is 3.08. The van der Waals surface area contributed by atoms with Crippen LogP contribution in [-0.2, 0) is 11.4 Å². The topological polar surface area (TPSA) is 50.8 Å². The SMILES string of the molecule is CCCN1C(=O)/C(=C/c2ccc(OCc3ccccc3)c(OC)c2)NC1=S. The zero-order valence-corrected chi connectivity index (χ0v) is 16.2. The van der Waals surface area contributed by atoms with Crippen molar-refractivity contribution < 1.29 is 14.3 Å². The number of ether oxygens (including phenoxy) is 2. The molecule has 6 heteroatoms. The Morgan fingerprint density at radius 2 is 1.93 bits per heavy atom. The van der Waals surface area contributed by atoms with Crippen molar-refractivity contribution in [1.82, 2.24) is 10.2 Å². The molecule has 1 aliphatic rings. The number of carbonyl (C=O) groups excluding carboxylic acids is 1. The molecule has 0 bridgehead atoms. The highest BCUT2D eigenvalue weighted by atomic mass is 32.1. The smallest absolute Gasteiger partial charge is 0.276 e. The number of hydrogen-bond donors (Lipinski definition) is 1. The fourth-order valence-corrected chi connectivity index (χ4v) is 3.08. The van der Waals surface area contributed by atoms with Crippen molar-refractivity contribution in [3.8, 4) is 11.5 Å². The number of carbonyl (C=O) groups is 1. The van der Waals surface area contributed by atoms with Gasteiger partial charge in [-0.15, -0.1) is 0 Å². The van der Waals surface area contributed by atoms with Gasteiger partial charge in [-0.2, -0.15) is 0 Å². The summed E-state index contributed by atoms with van der Waals surface area (Å²) in [5.41, 5.74) is 2.38. The molecule has 0 radical (unpaired) electrons. The first-order chi connectivity index (χ1) is 13.1. The van der Waals surface area contributed by atoms with Crippen LogP contribution in [0.3, 0.4) is 0 Å². The summed E-state index contributed by atoms with van der Waals surface area (Å²) < 4.78 is 11.3. The van der Waals surface area contributed by atoms with Gasteiger partial charge >= 0.3 is 0 Å². The van der Waals surface area contributed by atoms with E-state index in [4.69, 9.17) is 21.7 Å². The second kappa shape index (κ2) is 8.68. The lowest BCUT2D eigenvalue weighted by Gasteiger charge is -2.12. The van der Waals surface area contributed by atoms with Crippen molar-refractivity contribution in [2.45, 2.75) is 20.0 Å². The summed E-state index contributed by atoms with van der Waals surface area (Å²) in [5, 5.41) is 3.43. The Bertz CT molecular complexity index is 865. The third kappa shape index (κ3) is 4.46. The quantitative estimate of drug-likeness (QED) is 0.584. The first-order valence-corrected chi connectivity index (χ1v) is 9.22. The number of methoxy groups -OCH3 is 1. The molecule has 140 valence electrons. The Labute approximate surface area is 164 Å². The standard InChI is InChI=1S/C21H22N2O3S/c1-3-11-23-20(24)17(22-21(23)27)12-16-9-10-18(19(13-16)25-2)26-14-15-7-5-4-6-8-15/h4-10,12-13H,3,11,14H2,1-2H3,(H,22,27)/b17-12-. The van der Waals surface area contributed by atoms with Gasteiger partial charge in [0.25, 0.3) is 5.91 Å². The molecule has 0 aliphatic carbocycles. The summed E-state index contributed by atoms with van der Waals surface area (Å²) >= 11 is 5.24. The number of benzene rings is 2. The molecule has 2 aromatic carbocycles. The summed E-state index contributed by atoms with van der Waals surface area (Å²) in [4.78, 5) is 14.0. The monoisotopic (exact) mass is 382 g/mol. The van der Waals surface area contributed by atoms with E-state index >= 15 is 0 Å². The molecular formula is C21H22N2O3S. The molecule has 2 aromatic rings. The van der Waals surface area contributed by atoms with E-state index in [2.05, 4.69) is 5.32 Å². The molecule has 1 heterocycles. The van der Waals surface area contributed by atoms with Crippen LogP contribution in [0.15, 0.2) is 54.2 Å². The van der Waals surface area contributed by atoms with Gasteiger partial charge in [0.1, 0.15) is 12.3 Å². The molecule has 0 atom stereocenters. The normalized spacial score (nSPS) is 15.2. The van der Waals surface area contributed by atoms with Crippen molar-refractivity contribution in [2.24, 2.45) is 0 Å². The molecule has 5 nitrogen and oxygen atoms in total. The molecule has 0 aromatic heterocycles. The van der Waals surface area contributed by atoms with Gasteiger partial charge < -0.3 is 14.8 Å². The predicted molar refractivity (Wildman–Crippen MR) is 109 cm³/mol. The number of hydrogen-bond acceptors (Lipinski definition) is 4. The molecule has 1 saturated heterocycles.